The summed E-state index contributed by atoms with van der Waals surface area (Å²) in [5, 5.41) is 2.37. The molecule has 1 heterocycles. The Morgan fingerprint density at radius 3 is 2.42 bits per heavy atom. The maximum absolute atomic E-state index is 11.9. The van der Waals surface area contributed by atoms with Crippen LogP contribution in [0.15, 0.2) is 47.1 Å². The number of benzene rings is 1. The standard InChI is InChI=1S/C16H17N3O4S/c1-24-10-11-4-6-12(7-5-11)14(20)18-19-16(22)15(21)17-9-13-3-2-8-23-13/h2-8H,9-10H2,1H3,(H,17,21)(H,18,20)(H,19,22). The molecule has 0 atom stereocenters. The Balaban J connectivity index is 1.77. The zero-order valence-corrected chi connectivity index (χ0v) is 13.8. The highest BCUT2D eigenvalue weighted by atomic mass is 32.2. The van der Waals surface area contributed by atoms with Gasteiger partial charge in [0.05, 0.1) is 12.8 Å². The molecule has 0 bridgehead atoms. The van der Waals surface area contributed by atoms with E-state index in [2.05, 4.69) is 16.2 Å². The molecule has 1 aromatic heterocycles. The normalized spacial score (nSPS) is 10.0. The SMILES string of the molecule is CSCc1ccc(C(=O)NNC(=O)C(=O)NCc2ccco2)cc1. The number of nitrogens with one attached hydrogen (secondary N) is 3. The van der Waals surface area contributed by atoms with Crippen LogP contribution < -0.4 is 16.2 Å². The summed E-state index contributed by atoms with van der Waals surface area (Å²) in [7, 11) is 0. The molecule has 0 fully saturated rings. The number of amides is 3. The van der Waals surface area contributed by atoms with Gasteiger partial charge in [-0.2, -0.15) is 11.8 Å². The maximum Gasteiger partial charge on any atom is 0.327 e. The molecule has 2 rings (SSSR count). The van der Waals surface area contributed by atoms with Crippen LogP contribution >= 0.6 is 11.8 Å². The van der Waals surface area contributed by atoms with E-state index in [0.29, 0.717) is 11.3 Å². The van der Waals surface area contributed by atoms with E-state index < -0.39 is 17.7 Å². The fourth-order valence-corrected chi connectivity index (χ4v) is 2.35. The van der Waals surface area contributed by atoms with Crippen molar-refractivity contribution in [3.63, 3.8) is 0 Å². The fraction of sp³-hybridized carbons (Fsp3) is 0.188. The van der Waals surface area contributed by atoms with E-state index in [1.165, 1.54) is 6.26 Å². The summed E-state index contributed by atoms with van der Waals surface area (Å²) in [4.78, 5) is 35.1. The van der Waals surface area contributed by atoms with Crippen molar-refractivity contribution in [2.24, 2.45) is 0 Å². The fourth-order valence-electron chi connectivity index (χ4n) is 1.82. The van der Waals surface area contributed by atoms with Gasteiger partial charge in [-0.1, -0.05) is 12.1 Å². The minimum Gasteiger partial charge on any atom is -0.467 e. The van der Waals surface area contributed by atoms with E-state index in [4.69, 9.17) is 4.42 Å². The van der Waals surface area contributed by atoms with E-state index in [1.54, 1.807) is 36.0 Å². The second-order valence-electron chi connectivity index (χ2n) is 4.80. The zero-order valence-electron chi connectivity index (χ0n) is 13.0. The smallest absolute Gasteiger partial charge is 0.327 e. The Kier molecular flexibility index (Phi) is 6.44. The highest BCUT2D eigenvalue weighted by Crippen LogP contribution is 2.10. The summed E-state index contributed by atoms with van der Waals surface area (Å²) in [5.41, 5.74) is 5.74. The van der Waals surface area contributed by atoms with Crippen LogP contribution in [0, 0.1) is 0 Å². The maximum atomic E-state index is 11.9. The predicted molar refractivity (Wildman–Crippen MR) is 89.8 cm³/mol. The van der Waals surface area contributed by atoms with Crippen LogP contribution in [0.4, 0.5) is 0 Å². The number of rotatable bonds is 5. The van der Waals surface area contributed by atoms with Crippen molar-refractivity contribution in [3.05, 3.63) is 59.5 Å². The van der Waals surface area contributed by atoms with Crippen LogP contribution in [0.5, 0.6) is 0 Å². The second-order valence-corrected chi connectivity index (χ2v) is 5.67. The van der Waals surface area contributed by atoms with Gasteiger partial charge >= 0.3 is 11.8 Å². The lowest BCUT2D eigenvalue weighted by molar-refractivity contribution is -0.139. The van der Waals surface area contributed by atoms with Crippen molar-refractivity contribution in [2.45, 2.75) is 12.3 Å². The Labute approximate surface area is 143 Å². The average Bonchev–Trinajstić information content (AvgIpc) is 3.11. The molecule has 0 aliphatic rings. The molecule has 0 aliphatic heterocycles. The third kappa shape index (κ3) is 5.17. The highest BCUT2D eigenvalue weighted by Gasteiger charge is 2.15. The summed E-state index contributed by atoms with van der Waals surface area (Å²) in [5.74, 6) is -0.964. The highest BCUT2D eigenvalue weighted by molar-refractivity contribution is 7.97. The van der Waals surface area contributed by atoms with Crippen molar-refractivity contribution in [3.8, 4) is 0 Å². The molecule has 0 radical (unpaired) electrons. The lowest BCUT2D eigenvalue weighted by Crippen LogP contribution is -2.48. The van der Waals surface area contributed by atoms with Gasteiger partial charge in [0.2, 0.25) is 0 Å². The van der Waals surface area contributed by atoms with Crippen LogP contribution in [-0.2, 0) is 21.9 Å². The molecule has 126 valence electrons. The summed E-state index contributed by atoms with van der Waals surface area (Å²) >= 11 is 1.68. The molecule has 0 unspecified atom stereocenters. The van der Waals surface area contributed by atoms with Gasteiger partial charge in [-0.15, -0.1) is 0 Å². The molecule has 8 heteroatoms. The minimum atomic E-state index is -0.964. The number of hydrogen-bond donors (Lipinski definition) is 3. The summed E-state index contributed by atoms with van der Waals surface area (Å²) < 4.78 is 5.03. The van der Waals surface area contributed by atoms with Gasteiger partial charge in [0, 0.05) is 11.3 Å². The molecular weight excluding hydrogens is 330 g/mol. The topological polar surface area (TPSA) is 100 Å². The van der Waals surface area contributed by atoms with Crippen molar-refractivity contribution in [2.75, 3.05) is 6.26 Å². The van der Waals surface area contributed by atoms with Crippen molar-refractivity contribution in [1.29, 1.82) is 0 Å². The van der Waals surface area contributed by atoms with E-state index >= 15 is 0 Å². The zero-order chi connectivity index (χ0) is 17.4. The third-order valence-corrected chi connectivity index (χ3v) is 3.65. The van der Waals surface area contributed by atoms with E-state index in [-0.39, 0.29) is 6.54 Å². The van der Waals surface area contributed by atoms with Crippen LogP contribution in [0.1, 0.15) is 21.7 Å². The number of hydrogen-bond acceptors (Lipinski definition) is 5. The van der Waals surface area contributed by atoms with Crippen LogP contribution in [0.25, 0.3) is 0 Å². The molecule has 24 heavy (non-hydrogen) atoms. The van der Waals surface area contributed by atoms with E-state index in [1.807, 2.05) is 18.4 Å². The summed E-state index contributed by atoms with van der Waals surface area (Å²) in [6.07, 6.45) is 3.46. The van der Waals surface area contributed by atoms with Crippen molar-refractivity contribution >= 4 is 29.5 Å². The minimum absolute atomic E-state index is 0.0874. The number of carbonyl (C=O) groups is 3. The van der Waals surface area contributed by atoms with Gasteiger partial charge in [0.1, 0.15) is 5.76 Å². The molecule has 1 aromatic carbocycles. The molecule has 0 spiro atoms. The van der Waals surface area contributed by atoms with Crippen LogP contribution in [0.2, 0.25) is 0 Å². The van der Waals surface area contributed by atoms with Crippen molar-refractivity contribution < 1.29 is 18.8 Å². The first-order valence-corrected chi connectivity index (χ1v) is 8.48. The molecule has 0 saturated carbocycles. The second kappa shape index (κ2) is 8.78. The Hall–Kier alpha value is -2.74. The summed E-state index contributed by atoms with van der Waals surface area (Å²) in [6, 6.07) is 10.3. The average molecular weight is 347 g/mol. The molecule has 7 nitrogen and oxygen atoms in total. The van der Waals surface area contributed by atoms with Crippen LogP contribution in [-0.4, -0.2) is 24.0 Å². The van der Waals surface area contributed by atoms with Gasteiger partial charge in [-0.3, -0.25) is 25.2 Å². The van der Waals surface area contributed by atoms with Crippen LogP contribution in [0.3, 0.4) is 0 Å². The number of furan rings is 1. The molecule has 3 N–H and O–H groups in total. The summed E-state index contributed by atoms with van der Waals surface area (Å²) in [6.45, 7) is 0.0874. The lowest BCUT2D eigenvalue weighted by atomic mass is 10.1. The number of thioether (sulfide) groups is 1. The lowest BCUT2D eigenvalue weighted by Gasteiger charge is -2.08. The van der Waals surface area contributed by atoms with E-state index in [0.717, 1.165) is 11.3 Å². The first kappa shape index (κ1) is 17.6. The largest absolute Gasteiger partial charge is 0.467 e. The molecular formula is C16H17N3O4S. The monoisotopic (exact) mass is 347 g/mol. The van der Waals surface area contributed by atoms with Gasteiger partial charge in [-0.25, -0.2) is 0 Å². The Bertz CT molecular complexity index is 699. The molecule has 2 aromatic rings. The van der Waals surface area contributed by atoms with Gasteiger partial charge in [0.25, 0.3) is 5.91 Å². The van der Waals surface area contributed by atoms with E-state index in [9.17, 15) is 14.4 Å². The first-order valence-electron chi connectivity index (χ1n) is 7.09. The quantitative estimate of drug-likeness (QED) is 0.558. The number of carbonyl (C=O) groups excluding carboxylic acids is 3. The van der Waals surface area contributed by atoms with Crippen molar-refractivity contribution in [1.82, 2.24) is 16.2 Å². The van der Waals surface area contributed by atoms with Gasteiger partial charge < -0.3 is 9.73 Å². The number of hydrazine groups is 1. The van der Waals surface area contributed by atoms with Gasteiger partial charge in [-0.05, 0) is 36.1 Å². The Morgan fingerprint density at radius 2 is 1.79 bits per heavy atom. The molecule has 3 amide bonds. The third-order valence-electron chi connectivity index (χ3n) is 3.03. The molecule has 0 saturated heterocycles. The molecule has 0 aliphatic carbocycles. The Morgan fingerprint density at radius 1 is 1.04 bits per heavy atom. The predicted octanol–water partition coefficient (Wildman–Crippen LogP) is 1.22. The van der Waals surface area contributed by atoms with Gasteiger partial charge in [0.15, 0.2) is 0 Å². The first-order chi connectivity index (χ1) is 11.6.